The van der Waals surface area contributed by atoms with Gasteiger partial charge < -0.3 is 5.11 Å². The van der Waals surface area contributed by atoms with Gasteiger partial charge in [0.2, 0.25) is 0 Å². The first-order valence-corrected chi connectivity index (χ1v) is 6.05. The molecule has 0 radical (unpaired) electrons. The summed E-state index contributed by atoms with van der Waals surface area (Å²) in [4.78, 5) is 1.90. The van der Waals surface area contributed by atoms with Crippen molar-refractivity contribution < 1.29 is 5.11 Å². The SMILES string of the molecule is N#Cc1ccc(Sc2ccc(Cl)c(O)c2)cc1. The highest BCUT2D eigenvalue weighted by Crippen LogP contribution is 2.33. The molecular weight excluding hydrogens is 254 g/mol. The van der Waals surface area contributed by atoms with Crippen molar-refractivity contribution in [1.82, 2.24) is 0 Å². The lowest BCUT2D eigenvalue weighted by Crippen LogP contribution is -1.76. The number of hydrogen-bond acceptors (Lipinski definition) is 3. The fraction of sp³-hybridized carbons (Fsp3) is 0. The van der Waals surface area contributed by atoms with Crippen LogP contribution >= 0.6 is 23.4 Å². The van der Waals surface area contributed by atoms with Gasteiger partial charge in [-0.05, 0) is 42.5 Å². The number of nitriles is 1. The van der Waals surface area contributed by atoms with Gasteiger partial charge in [-0.1, -0.05) is 23.4 Å². The van der Waals surface area contributed by atoms with Crippen molar-refractivity contribution in [2.45, 2.75) is 9.79 Å². The molecule has 17 heavy (non-hydrogen) atoms. The molecule has 2 aromatic rings. The zero-order chi connectivity index (χ0) is 12.3. The lowest BCUT2D eigenvalue weighted by atomic mass is 10.2. The van der Waals surface area contributed by atoms with E-state index in [-0.39, 0.29) is 5.75 Å². The Balaban J connectivity index is 2.20. The highest BCUT2D eigenvalue weighted by Gasteiger charge is 2.02. The maximum absolute atomic E-state index is 9.47. The summed E-state index contributed by atoms with van der Waals surface area (Å²) in [6.07, 6.45) is 0. The number of halogens is 1. The Bertz CT molecular complexity index is 575. The molecule has 2 nitrogen and oxygen atoms in total. The first-order valence-electron chi connectivity index (χ1n) is 4.85. The minimum absolute atomic E-state index is 0.0744. The lowest BCUT2D eigenvalue weighted by Gasteiger charge is -2.03. The molecule has 0 atom stereocenters. The molecular formula is C13H8ClNOS. The predicted octanol–water partition coefficient (Wildman–Crippen LogP) is 4.07. The summed E-state index contributed by atoms with van der Waals surface area (Å²) in [5, 5.41) is 18.5. The Morgan fingerprint density at radius 3 is 2.29 bits per heavy atom. The molecule has 0 aliphatic rings. The van der Waals surface area contributed by atoms with E-state index >= 15 is 0 Å². The number of nitrogens with zero attached hydrogens (tertiary/aromatic N) is 1. The van der Waals surface area contributed by atoms with Crippen LogP contribution in [0.4, 0.5) is 0 Å². The smallest absolute Gasteiger partial charge is 0.135 e. The quantitative estimate of drug-likeness (QED) is 0.886. The zero-order valence-electron chi connectivity index (χ0n) is 8.72. The van der Waals surface area contributed by atoms with Crippen LogP contribution < -0.4 is 0 Å². The van der Waals surface area contributed by atoms with Crippen molar-refractivity contribution in [3.05, 3.63) is 53.1 Å². The van der Waals surface area contributed by atoms with Crippen molar-refractivity contribution in [3.63, 3.8) is 0 Å². The monoisotopic (exact) mass is 261 g/mol. The fourth-order valence-electron chi connectivity index (χ4n) is 1.29. The second-order valence-corrected chi connectivity index (χ2v) is 4.91. The zero-order valence-corrected chi connectivity index (χ0v) is 10.3. The average Bonchev–Trinajstić information content (AvgIpc) is 2.35. The van der Waals surface area contributed by atoms with E-state index in [4.69, 9.17) is 16.9 Å². The van der Waals surface area contributed by atoms with E-state index in [2.05, 4.69) is 6.07 Å². The van der Waals surface area contributed by atoms with E-state index in [1.54, 1.807) is 24.3 Å². The molecule has 2 rings (SSSR count). The van der Waals surface area contributed by atoms with Gasteiger partial charge in [0, 0.05) is 9.79 Å². The molecule has 0 bridgehead atoms. The molecule has 0 amide bonds. The van der Waals surface area contributed by atoms with Crippen molar-refractivity contribution in [1.29, 1.82) is 5.26 Å². The number of phenols is 1. The third kappa shape index (κ3) is 2.94. The number of benzene rings is 2. The number of aromatic hydroxyl groups is 1. The molecule has 0 aromatic heterocycles. The molecule has 0 spiro atoms. The van der Waals surface area contributed by atoms with E-state index in [1.807, 2.05) is 18.2 Å². The van der Waals surface area contributed by atoms with E-state index in [9.17, 15) is 5.11 Å². The van der Waals surface area contributed by atoms with Crippen LogP contribution in [0.5, 0.6) is 5.75 Å². The van der Waals surface area contributed by atoms with Crippen LogP contribution in [0.3, 0.4) is 0 Å². The minimum Gasteiger partial charge on any atom is -0.506 e. The van der Waals surface area contributed by atoms with Crippen LogP contribution in [0.15, 0.2) is 52.3 Å². The standard InChI is InChI=1S/C13H8ClNOS/c14-12-6-5-11(7-13(12)16)17-10-3-1-9(8-15)2-4-10/h1-7,16H. The van der Waals surface area contributed by atoms with E-state index in [1.165, 1.54) is 11.8 Å². The van der Waals surface area contributed by atoms with Gasteiger partial charge in [0.1, 0.15) is 5.75 Å². The average molecular weight is 262 g/mol. The fourth-order valence-corrected chi connectivity index (χ4v) is 2.26. The molecule has 0 aliphatic carbocycles. The Hall–Kier alpha value is -1.63. The van der Waals surface area contributed by atoms with Crippen LogP contribution in [0.25, 0.3) is 0 Å². The van der Waals surface area contributed by atoms with Crippen LogP contribution in [0.2, 0.25) is 5.02 Å². The van der Waals surface area contributed by atoms with Gasteiger partial charge in [-0.3, -0.25) is 0 Å². The van der Waals surface area contributed by atoms with Crippen LogP contribution in [-0.2, 0) is 0 Å². The molecule has 4 heteroatoms. The number of rotatable bonds is 2. The summed E-state index contributed by atoms with van der Waals surface area (Å²) >= 11 is 7.23. The molecule has 0 heterocycles. The van der Waals surface area contributed by atoms with Gasteiger partial charge in [-0.25, -0.2) is 0 Å². The second-order valence-electron chi connectivity index (χ2n) is 3.35. The third-order valence-corrected chi connectivity index (χ3v) is 3.45. The molecule has 1 N–H and O–H groups in total. The molecule has 0 unspecified atom stereocenters. The van der Waals surface area contributed by atoms with Gasteiger partial charge in [0.15, 0.2) is 0 Å². The highest BCUT2D eigenvalue weighted by molar-refractivity contribution is 7.99. The predicted molar refractivity (Wildman–Crippen MR) is 68.4 cm³/mol. The van der Waals surface area contributed by atoms with Crippen LogP contribution in [-0.4, -0.2) is 5.11 Å². The largest absolute Gasteiger partial charge is 0.506 e. The summed E-state index contributed by atoms with van der Waals surface area (Å²) in [5.41, 5.74) is 0.633. The Kier molecular flexibility index (Phi) is 3.58. The summed E-state index contributed by atoms with van der Waals surface area (Å²) in [6, 6.07) is 14.4. The lowest BCUT2D eigenvalue weighted by molar-refractivity contribution is 0.474. The van der Waals surface area contributed by atoms with Gasteiger partial charge in [0.05, 0.1) is 16.7 Å². The van der Waals surface area contributed by atoms with Gasteiger partial charge in [0.25, 0.3) is 0 Å². The summed E-state index contributed by atoms with van der Waals surface area (Å²) in [6.45, 7) is 0. The molecule has 0 aliphatic heterocycles. The first kappa shape index (κ1) is 11.8. The van der Waals surface area contributed by atoms with Crippen molar-refractivity contribution >= 4 is 23.4 Å². The molecule has 84 valence electrons. The normalized spacial score (nSPS) is 9.88. The van der Waals surface area contributed by atoms with Crippen LogP contribution in [0, 0.1) is 11.3 Å². The summed E-state index contributed by atoms with van der Waals surface area (Å²) in [7, 11) is 0. The maximum Gasteiger partial charge on any atom is 0.135 e. The maximum atomic E-state index is 9.47. The summed E-state index contributed by atoms with van der Waals surface area (Å²) in [5.74, 6) is 0.0744. The molecule has 0 fully saturated rings. The minimum atomic E-state index is 0.0744. The van der Waals surface area contributed by atoms with Crippen molar-refractivity contribution in [2.24, 2.45) is 0 Å². The van der Waals surface area contributed by atoms with Crippen molar-refractivity contribution in [2.75, 3.05) is 0 Å². The topological polar surface area (TPSA) is 44.0 Å². The highest BCUT2D eigenvalue weighted by atomic mass is 35.5. The Morgan fingerprint density at radius 2 is 1.71 bits per heavy atom. The molecule has 0 saturated carbocycles. The second kappa shape index (κ2) is 5.13. The first-order chi connectivity index (χ1) is 8.19. The molecule has 2 aromatic carbocycles. The van der Waals surface area contributed by atoms with E-state index in [0.717, 1.165) is 9.79 Å². The number of hydrogen-bond donors (Lipinski definition) is 1. The molecule has 0 saturated heterocycles. The summed E-state index contributed by atoms with van der Waals surface area (Å²) < 4.78 is 0. The Morgan fingerprint density at radius 1 is 1.06 bits per heavy atom. The van der Waals surface area contributed by atoms with Crippen LogP contribution in [0.1, 0.15) is 5.56 Å². The van der Waals surface area contributed by atoms with Gasteiger partial charge in [-0.2, -0.15) is 5.26 Å². The van der Waals surface area contributed by atoms with E-state index in [0.29, 0.717) is 10.6 Å². The number of phenolic OH excluding ortho intramolecular Hbond substituents is 1. The van der Waals surface area contributed by atoms with E-state index < -0.39 is 0 Å². The van der Waals surface area contributed by atoms with Gasteiger partial charge >= 0.3 is 0 Å². The Labute approximate surface area is 108 Å². The third-order valence-electron chi connectivity index (χ3n) is 2.14. The van der Waals surface area contributed by atoms with Gasteiger partial charge in [-0.15, -0.1) is 0 Å². The van der Waals surface area contributed by atoms with Crippen molar-refractivity contribution in [3.8, 4) is 11.8 Å².